The Kier molecular flexibility index (Phi) is 4.59. The zero-order valence-corrected chi connectivity index (χ0v) is 13.5. The zero-order chi connectivity index (χ0) is 17.1. The van der Waals surface area contributed by atoms with Crippen molar-refractivity contribution in [3.05, 3.63) is 30.6 Å². The Balaban J connectivity index is 1.76. The lowest BCUT2D eigenvalue weighted by atomic mass is 9.81. The molecule has 7 heteroatoms. The molecule has 1 saturated carbocycles. The number of nitrogens with one attached hydrogen (secondary N) is 1. The maximum absolute atomic E-state index is 12.6. The molecule has 7 nitrogen and oxygen atoms in total. The molecule has 2 aromatic rings. The van der Waals surface area contributed by atoms with Crippen molar-refractivity contribution >= 4 is 17.6 Å². The van der Waals surface area contributed by atoms with Gasteiger partial charge in [0.1, 0.15) is 5.69 Å². The first-order chi connectivity index (χ1) is 11.5. The number of aromatic nitrogens is 3. The number of carbonyl (C=O) groups is 2. The molecule has 2 N–H and O–H groups in total. The Hall–Kier alpha value is -2.70. The van der Waals surface area contributed by atoms with Crippen LogP contribution in [0, 0.1) is 11.8 Å². The summed E-state index contributed by atoms with van der Waals surface area (Å²) >= 11 is 0. The first-order valence-electron chi connectivity index (χ1n) is 8.03. The van der Waals surface area contributed by atoms with Crippen LogP contribution in [0.2, 0.25) is 0 Å². The van der Waals surface area contributed by atoms with Crippen LogP contribution >= 0.6 is 0 Å². The van der Waals surface area contributed by atoms with Crippen molar-refractivity contribution in [3.63, 3.8) is 0 Å². The summed E-state index contributed by atoms with van der Waals surface area (Å²) in [6, 6.07) is 5.51. The Morgan fingerprint density at radius 2 is 2.08 bits per heavy atom. The van der Waals surface area contributed by atoms with Crippen molar-refractivity contribution in [2.24, 2.45) is 18.9 Å². The first kappa shape index (κ1) is 16.2. The Morgan fingerprint density at radius 3 is 2.79 bits per heavy atom. The topological polar surface area (TPSA) is 97.1 Å². The van der Waals surface area contributed by atoms with Gasteiger partial charge in [0, 0.05) is 25.4 Å². The Bertz CT molecular complexity index is 742. The van der Waals surface area contributed by atoms with Crippen LogP contribution in [0.25, 0.3) is 11.4 Å². The van der Waals surface area contributed by atoms with Crippen LogP contribution in [0.5, 0.6) is 0 Å². The summed E-state index contributed by atoms with van der Waals surface area (Å²) in [6.07, 6.45) is 5.92. The van der Waals surface area contributed by atoms with Crippen molar-refractivity contribution in [1.29, 1.82) is 0 Å². The molecule has 2 atom stereocenters. The van der Waals surface area contributed by atoms with E-state index in [1.165, 1.54) is 0 Å². The summed E-state index contributed by atoms with van der Waals surface area (Å²) < 4.78 is 1.63. The second kappa shape index (κ2) is 6.82. The van der Waals surface area contributed by atoms with Crippen LogP contribution in [0.1, 0.15) is 25.7 Å². The average molecular weight is 328 g/mol. The molecule has 1 aliphatic carbocycles. The van der Waals surface area contributed by atoms with E-state index >= 15 is 0 Å². The molecule has 0 saturated heterocycles. The molecule has 1 fully saturated rings. The minimum absolute atomic E-state index is 0.147. The van der Waals surface area contributed by atoms with Gasteiger partial charge < -0.3 is 10.4 Å². The van der Waals surface area contributed by atoms with Crippen molar-refractivity contribution in [1.82, 2.24) is 14.8 Å². The number of carbonyl (C=O) groups excluding carboxylic acids is 1. The molecule has 0 bridgehead atoms. The monoisotopic (exact) mass is 328 g/mol. The van der Waals surface area contributed by atoms with Gasteiger partial charge in [-0.05, 0) is 31.4 Å². The van der Waals surface area contributed by atoms with E-state index < -0.39 is 11.9 Å². The second-order valence-electron chi connectivity index (χ2n) is 6.17. The van der Waals surface area contributed by atoms with E-state index in [4.69, 9.17) is 0 Å². The van der Waals surface area contributed by atoms with Crippen LogP contribution in [0.3, 0.4) is 0 Å². The van der Waals surface area contributed by atoms with Crippen LogP contribution in [0.15, 0.2) is 30.6 Å². The number of aliphatic carboxylic acids is 1. The Morgan fingerprint density at radius 1 is 1.29 bits per heavy atom. The number of hydrogen-bond acceptors (Lipinski definition) is 4. The number of amides is 1. The fraction of sp³-hybridized carbons (Fsp3) is 0.412. The van der Waals surface area contributed by atoms with Gasteiger partial charge in [-0.3, -0.25) is 19.3 Å². The number of hydrogen-bond donors (Lipinski definition) is 2. The highest BCUT2D eigenvalue weighted by molar-refractivity contribution is 5.95. The highest BCUT2D eigenvalue weighted by Gasteiger charge is 2.31. The van der Waals surface area contributed by atoms with E-state index in [-0.39, 0.29) is 11.8 Å². The van der Waals surface area contributed by atoms with Gasteiger partial charge in [-0.25, -0.2) is 0 Å². The molecule has 0 radical (unpaired) electrons. The first-order valence-corrected chi connectivity index (χ1v) is 8.03. The highest BCUT2D eigenvalue weighted by Crippen LogP contribution is 2.31. The second-order valence-corrected chi connectivity index (χ2v) is 6.17. The number of carboxylic acids is 1. The SMILES string of the molecule is Cn1cc(NC(=O)[C@@H]2CCC[C@H](C(=O)O)C2)c(-c2ccccn2)n1. The van der Waals surface area contributed by atoms with Crippen LogP contribution in [-0.2, 0) is 16.6 Å². The quantitative estimate of drug-likeness (QED) is 0.897. The molecule has 3 rings (SSSR count). The number of nitrogens with zero attached hydrogens (tertiary/aromatic N) is 3. The summed E-state index contributed by atoms with van der Waals surface area (Å²) in [6.45, 7) is 0. The molecular formula is C17H20N4O3. The maximum Gasteiger partial charge on any atom is 0.306 e. The molecule has 2 heterocycles. The van der Waals surface area contributed by atoms with Gasteiger partial charge in [-0.2, -0.15) is 5.10 Å². The molecule has 1 aliphatic rings. The minimum atomic E-state index is -0.817. The predicted octanol–water partition coefficient (Wildman–Crippen LogP) is 2.31. The van der Waals surface area contributed by atoms with Crippen LogP contribution in [-0.4, -0.2) is 31.7 Å². The van der Waals surface area contributed by atoms with E-state index in [1.807, 2.05) is 18.2 Å². The fourth-order valence-electron chi connectivity index (χ4n) is 3.16. The van der Waals surface area contributed by atoms with E-state index in [1.54, 1.807) is 24.1 Å². The van der Waals surface area contributed by atoms with Crippen LogP contribution in [0.4, 0.5) is 5.69 Å². The van der Waals surface area contributed by atoms with E-state index in [0.717, 1.165) is 12.8 Å². The molecule has 24 heavy (non-hydrogen) atoms. The van der Waals surface area contributed by atoms with E-state index in [0.29, 0.717) is 29.9 Å². The summed E-state index contributed by atoms with van der Waals surface area (Å²) in [5, 5.41) is 16.4. The lowest BCUT2D eigenvalue weighted by molar-refractivity contribution is -0.143. The number of carboxylic acid groups (broad SMARTS) is 1. The fourth-order valence-corrected chi connectivity index (χ4v) is 3.16. The third kappa shape index (κ3) is 3.45. The standard InChI is InChI=1S/C17H20N4O3/c1-21-10-14(15(20-21)13-7-2-3-8-18-13)19-16(22)11-5-4-6-12(9-11)17(23)24/h2-3,7-8,10-12H,4-6,9H2,1H3,(H,19,22)(H,23,24)/t11-,12+/m1/s1. The predicted molar refractivity (Wildman–Crippen MR) is 88.2 cm³/mol. The summed E-state index contributed by atoms with van der Waals surface area (Å²) in [7, 11) is 1.78. The van der Waals surface area contributed by atoms with Crippen molar-refractivity contribution in [2.45, 2.75) is 25.7 Å². The molecule has 126 valence electrons. The van der Waals surface area contributed by atoms with Crippen molar-refractivity contribution < 1.29 is 14.7 Å². The van der Waals surface area contributed by atoms with Gasteiger partial charge in [-0.15, -0.1) is 0 Å². The normalized spacial score (nSPS) is 20.5. The number of pyridine rings is 1. The Labute approximate surface area is 139 Å². The highest BCUT2D eigenvalue weighted by atomic mass is 16.4. The van der Waals surface area contributed by atoms with Gasteiger partial charge in [0.2, 0.25) is 5.91 Å². The number of anilines is 1. The van der Waals surface area contributed by atoms with Crippen LogP contribution < -0.4 is 5.32 Å². The van der Waals surface area contributed by atoms with Gasteiger partial charge in [-0.1, -0.05) is 12.5 Å². The molecule has 0 aromatic carbocycles. The lowest BCUT2D eigenvalue weighted by Crippen LogP contribution is -2.31. The van der Waals surface area contributed by atoms with Gasteiger partial charge in [0.15, 0.2) is 0 Å². The molecule has 0 aliphatic heterocycles. The number of aryl methyl sites for hydroxylation is 1. The van der Waals surface area contributed by atoms with Gasteiger partial charge >= 0.3 is 5.97 Å². The molecule has 1 amide bonds. The minimum Gasteiger partial charge on any atom is -0.481 e. The smallest absolute Gasteiger partial charge is 0.306 e. The molecular weight excluding hydrogens is 308 g/mol. The summed E-state index contributed by atoms with van der Waals surface area (Å²) in [5.74, 6) is -1.68. The zero-order valence-electron chi connectivity index (χ0n) is 13.5. The lowest BCUT2D eigenvalue weighted by Gasteiger charge is -2.25. The van der Waals surface area contributed by atoms with E-state index in [2.05, 4.69) is 15.4 Å². The molecule has 0 spiro atoms. The maximum atomic E-state index is 12.6. The van der Waals surface area contributed by atoms with Crippen molar-refractivity contribution in [2.75, 3.05) is 5.32 Å². The van der Waals surface area contributed by atoms with E-state index in [9.17, 15) is 14.7 Å². The molecule has 0 unspecified atom stereocenters. The van der Waals surface area contributed by atoms with Gasteiger partial charge in [0.05, 0.1) is 17.3 Å². The summed E-state index contributed by atoms with van der Waals surface area (Å²) in [5.41, 5.74) is 1.89. The average Bonchev–Trinajstić information content (AvgIpc) is 2.96. The number of rotatable bonds is 4. The molecule has 2 aromatic heterocycles. The third-order valence-electron chi connectivity index (χ3n) is 4.39. The van der Waals surface area contributed by atoms with Crippen molar-refractivity contribution in [3.8, 4) is 11.4 Å². The third-order valence-corrected chi connectivity index (χ3v) is 4.39. The summed E-state index contributed by atoms with van der Waals surface area (Å²) in [4.78, 5) is 28.0. The largest absolute Gasteiger partial charge is 0.481 e. The van der Waals surface area contributed by atoms with Gasteiger partial charge in [0.25, 0.3) is 0 Å².